The van der Waals surface area contributed by atoms with E-state index in [0.717, 1.165) is 22.5 Å². The number of thiocarbonyl (C=S) groups is 1. The van der Waals surface area contributed by atoms with Gasteiger partial charge >= 0.3 is 0 Å². The zero-order valence-corrected chi connectivity index (χ0v) is 12.4. The Morgan fingerprint density at radius 3 is 2.65 bits per heavy atom. The maximum absolute atomic E-state index is 6.14. The van der Waals surface area contributed by atoms with Crippen molar-refractivity contribution >= 4 is 40.3 Å². The van der Waals surface area contributed by atoms with Crippen LogP contribution in [0.25, 0.3) is 0 Å². The molecule has 0 aromatic heterocycles. The lowest BCUT2D eigenvalue weighted by molar-refractivity contribution is 1.02. The molecule has 0 saturated heterocycles. The molecular formula is C15H12ClN3S. The van der Waals surface area contributed by atoms with E-state index >= 15 is 0 Å². The minimum absolute atomic E-state index is 0.555. The lowest BCUT2D eigenvalue weighted by atomic mass is 10.0. The van der Waals surface area contributed by atoms with Gasteiger partial charge in [0.25, 0.3) is 0 Å². The Hall–Kier alpha value is -1.91. The Labute approximate surface area is 127 Å². The first kappa shape index (κ1) is 13.1. The maximum atomic E-state index is 6.14. The van der Waals surface area contributed by atoms with Gasteiger partial charge in [-0.3, -0.25) is 5.43 Å². The number of hydrazone groups is 1. The first-order valence-electron chi connectivity index (χ1n) is 6.13. The first-order chi connectivity index (χ1) is 9.66. The van der Waals surface area contributed by atoms with E-state index in [4.69, 9.17) is 23.8 Å². The number of fused-ring (bicyclic) bond motifs is 1. The predicted octanol–water partition coefficient (Wildman–Crippen LogP) is 3.42. The highest BCUT2D eigenvalue weighted by atomic mass is 35.5. The molecule has 1 aliphatic heterocycles. The molecule has 0 radical (unpaired) electrons. The van der Waals surface area contributed by atoms with E-state index in [1.54, 1.807) is 0 Å². The van der Waals surface area contributed by atoms with Crippen molar-refractivity contribution < 1.29 is 0 Å². The summed E-state index contributed by atoms with van der Waals surface area (Å²) in [4.78, 5) is 1.89. The van der Waals surface area contributed by atoms with Gasteiger partial charge in [-0.2, -0.15) is 5.10 Å². The van der Waals surface area contributed by atoms with Crippen molar-refractivity contribution in [3.63, 3.8) is 0 Å². The quantitative estimate of drug-likeness (QED) is 0.818. The van der Waals surface area contributed by atoms with Gasteiger partial charge in [-0.1, -0.05) is 41.9 Å². The lowest BCUT2D eigenvalue weighted by Gasteiger charge is -2.19. The van der Waals surface area contributed by atoms with Crippen LogP contribution in [0.2, 0.25) is 5.02 Å². The third-order valence-corrected chi connectivity index (χ3v) is 3.79. The molecule has 2 aromatic carbocycles. The van der Waals surface area contributed by atoms with Gasteiger partial charge in [0.15, 0.2) is 5.11 Å². The zero-order valence-electron chi connectivity index (χ0n) is 10.8. The van der Waals surface area contributed by atoms with E-state index in [0.29, 0.717) is 10.1 Å². The second-order valence-corrected chi connectivity index (χ2v) is 5.29. The molecule has 100 valence electrons. The van der Waals surface area contributed by atoms with Gasteiger partial charge in [-0.05, 0) is 30.4 Å². The molecule has 0 fully saturated rings. The minimum atomic E-state index is 0.555. The van der Waals surface area contributed by atoms with Crippen molar-refractivity contribution in [3.8, 4) is 0 Å². The second kappa shape index (κ2) is 5.23. The van der Waals surface area contributed by atoms with Crippen molar-refractivity contribution in [1.82, 2.24) is 5.43 Å². The van der Waals surface area contributed by atoms with Gasteiger partial charge in [-0.15, -0.1) is 0 Å². The molecule has 5 heteroatoms. The van der Waals surface area contributed by atoms with Crippen LogP contribution in [0.1, 0.15) is 11.1 Å². The third-order valence-electron chi connectivity index (χ3n) is 3.19. The molecule has 0 spiro atoms. The van der Waals surface area contributed by atoms with Crippen LogP contribution >= 0.6 is 23.8 Å². The smallest absolute Gasteiger partial charge is 0.193 e. The fraction of sp³-hybridized carbons (Fsp3) is 0.0667. The van der Waals surface area contributed by atoms with Gasteiger partial charge in [-0.25, -0.2) is 0 Å². The Morgan fingerprint density at radius 2 is 1.90 bits per heavy atom. The van der Waals surface area contributed by atoms with Crippen LogP contribution in [0.4, 0.5) is 5.69 Å². The largest absolute Gasteiger partial charge is 0.320 e. The average Bonchev–Trinajstić information content (AvgIpc) is 2.58. The monoisotopic (exact) mass is 301 g/mol. The number of benzene rings is 2. The summed E-state index contributed by atoms with van der Waals surface area (Å²) in [7, 11) is 1.91. The molecule has 2 aromatic rings. The standard InChI is InChI=1S/C15H12ClN3S/c1-19-13-8-7-11(16)9-12(13)14(17-18-15(19)20)10-5-3-2-4-6-10/h2-9H,1H3,(H,18,20). The molecule has 1 heterocycles. The predicted molar refractivity (Wildman–Crippen MR) is 87.7 cm³/mol. The van der Waals surface area contributed by atoms with Crippen LogP contribution in [0.15, 0.2) is 53.6 Å². The Balaban J connectivity index is 2.23. The molecule has 1 N–H and O–H groups in total. The van der Waals surface area contributed by atoms with E-state index in [1.807, 2.05) is 60.5 Å². The summed E-state index contributed by atoms with van der Waals surface area (Å²) in [5.74, 6) is 0. The molecule has 0 aliphatic carbocycles. The van der Waals surface area contributed by atoms with Gasteiger partial charge < -0.3 is 4.90 Å². The van der Waals surface area contributed by atoms with Gasteiger partial charge in [0.05, 0.1) is 11.4 Å². The number of nitrogens with one attached hydrogen (secondary N) is 1. The molecule has 1 aliphatic rings. The summed E-state index contributed by atoms with van der Waals surface area (Å²) in [6, 6.07) is 15.7. The van der Waals surface area contributed by atoms with Gasteiger partial charge in [0.1, 0.15) is 0 Å². The SMILES string of the molecule is CN1C(=S)NN=C(c2ccccc2)c2cc(Cl)ccc21. The van der Waals surface area contributed by atoms with E-state index in [1.165, 1.54) is 0 Å². The molecule has 3 rings (SSSR count). The normalized spacial score (nSPS) is 14.2. The number of hydrogen-bond donors (Lipinski definition) is 1. The number of halogens is 1. The van der Waals surface area contributed by atoms with E-state index in [2.05, 4.69) is 10.5 Å². The molecule has 0 unspecified atom stereocenters. The van der Waals surface area contributed by atoms with E-state index in [9.17, 15) is 0 Å². The van der Waals surface area contributed by atoms with Crippen LogP contribution in [-0.4, -0.2) is 17.9 Å². The lowest BCUT2D eigenvalue weighted by Crippen LogP contribution is -2.33. The highest BCUT2D eigenvalue weighted by molar-refractivity contribution is 7.80. The summed E-state index contributed by atoms with van der Waals surface area (Å²) in [5.41, 5.74) is 6.69. The molecule has 20 heavy (non-hydrogen) atoms. The number of hydrogen-bond acceptors (Lipinski definition) is 2. The summed E-state index contributed by atoms with van der Waals surface area (Å²) < 4.78 is 0. The Morgan fingerprint density at radius 1 is 1.15 bits per heavy atom. The van der Waals surface area contributed by atoms with Crippen LogP contribution < -0.4 is 10.3 Å². The molecule has 0 amide bonds. The third kappa shape index (κ3) is 2.28. The van der Waals surface area contributed by atoms with E-state index < -0.39 is 0 Å². The molecule has 3 nitrogen and oxygen atoms in total. The summed E-state index contributed by atoms with van der Waals surface area (Å²) >= 11 is 11.4. The number of rotatable bonds is 1. The Kier molecular flexibility index (Phi) is 3.42. The maximum Gasteiger partial charge on any atom is 0.193 e. The fourth-order valence-electron chi connectivity index (χ4n) is 2.15. The molecule has 0 atom stereocenters. The van der Waals surface area contributed by atoms with E-state index in [-0.39, 0.29) is 0 Å². The van der Waals surface area contributed by atoms with Crippen molar-refractivity contribution in [1.29, 1.82) is 0 Å². The zero-order chi connectivity index (χ0) is 14.1. The van der Waals surface area contributed by atoms with Crippen molar-refractivity contribution in [2.75, 3.05) is 11.9 Å². The van der Waals surface area contributed by atoms with Crippen molar-refractivity contribution in [3.05, 3.63) is 64.7 Å². The summed E-state index contributed by atoms with van der Waals surface area (Å²) in [5, 5.41) is 5.66. The number of anilines is 1. The highest BCUT2D eigenvalue weighted by Gasteiger charge is 2.20. The van der Waals surface area contributed by atoms with Gasteiger partial charge in [0.2, 0.25) is 0 Å². The molecule has 0 saturated carbocycles. The van der Waals surface area contributed by atoms with Crippen LogP contribution in [0, 0.1) is 0 Å². The van der Waals surface area contributed by atoms with Crippen LogP contribution in [-0.2, 0) is 0 Å². The highest BCUT2D eigenvalue weighted by Crippen LogP contribution is 2.28. The topological polar surface area (TPSA) is 27.6 Å². The fourth-order valence-corrected chi connectivity index (χ4v) is 2.47. The second-order valence-electron chi connectivity index (χ2n) is 4.46. The first-order valence-corrected chi connectivity index (χ1v) is 6.92. The van der Waals surface area contributed by atoms with Crippen LogP contribution in [0.5, 0.6) is 0 Å². The average molecular weight is 302 g/mol. The van der Waals surface area contributed by atoms with Gasteiger partial charge in [0, 0.05) is 23.2 Å². The number of nitrogens with zero attached hydrogens (tertiary/aromatic N) is 2. The summed E-state index contributed by atoms with van der Waals surface area (Å²) in [6.07, 6.45) is 0. The molecular weight excluding hydrogens is 290 g/mol. The van der Waals surface area contributed by atoms with Crippen molar-refractivity contribution in [2.45, 2.75) is 0 Å². The minimum Gasteiger partial charge on any atom is -0.320 e. The molecule has 0 bridgehead atoms. The van der Waals surface area contributed by atoms with Crippen LogP contribution in [0.3, 0.4) is 0 Å². The summed E-state index contributed by atoms with van der Waals surface area (Å²) in [6.45, 7) is 0. The van der Waals surface area contributed by atoms with Crippen molar-refractivity contribution in [2.24, 2.45) is 5.10 Å². The Bertz CT molecular complexity index is 698.